The number of carbonyl (C=O) groups excluding carboxylic acids is 2. The number of amides is 2. The zero-order valence-electron chi connectivity index (χ0n) is 21.9. The summed E-state index contributed by atoms with van der Waals surface area (Å²) in [4.78, 5) is 28.5. The number of sulfonamides is 1. The third kappa shape index (κ3) is 7.14. The van der Waals surface area contributed by atoms with Crippen LogP contribution >= 0.6 is 11.6 Å². The minimum Gasteiger partial charge on any atom is -0.354 e. The average Bonchev–Trinajstić information content (AvgIpc) is 2.92. The highest BCUT2D eigenvalue weighted by molar-refractivity contribution is 7.92. The largest absolute Gasteiger partial charge is 0.354 e. The molecule has 0 saturated heterocycles. The van der Waals surface area contributed by atoms with Gasteiger partial charge < -0.3 is 10.2 Å². The van der Waals surface area contributed by atoms with Gasteiger partial charge in [-0.1, -0.05) is 80.0 Å². The van der Waals surface area contributed by atoms with Crippen LogP contribution in [0.2, 0.25) is 5.02 Å². The maximum atomic E-state index is 13.9. The van der Waals surface area contributed by atoms with Gasteiger partial charge in [0, 0.05) is 18.1 Å². The first kappa shape index (κ1) is 29.2. The maximum Gasteiger partial charge on any atom is 0.264 e. The standard InChI is InChI=1S/C29H34ClN3O4S/c1-4-18-31-29(35)27(5-2)32(20-23-12-8-6-9-13-23)28(34)21-33(24-17-16-22(3)26(30)19-24)38(36,37)25-14-10-7-11-15-25/h6-17,19,27H,4-5,18,20-21H2,1-3H3,(H,31,35)/t27-/m0/s1. The molecule has 3 aromatic rings. The van der Waals surface area contributed by atoms with Gasteiger partial charge in [0.1, 0.15) is 12.6 Å². The van der Waals surface area contributed by atoms with Crippen LogP contribution in [0.3, 0.4) is 0 Å². The fraction of sp³-hybridized carbons (Fsp3) is 0.310. The zero-order valence-corrected chi connectivity index (χ0v) is 23.5. The lowest BCUT2D eigenvalue weighted by atomic mass is 10.1. The summed E-state index contributed by atoms with van der Waals surface area (Å²) in [5.74, 6) is -0.766. The molecular formula is C29H34ClN3O4S. The molecule has 0 aliphatic rings. The molecule has 38 heavy (non-hydrogen) atoms. The minimum atomic E-state index is -4.13. The molecule has 2 amide bonds. The van der Waals surface area contributed by atoms with E-state index in [0.717, 1.165) is 21.9 Å². The van der Waals surface area contributed by atoms with Gasteiger partial charge in [-0.15, -0.1) is 0 Å². The molecule has 3 rings (SSSR count). The van der Waals surface area contributed by atoms with Crippen LogP contribution in [0, 0.1) is 6.92 Å². The number of hydrogen-bond acceptors (Lipinski definition) is 4. The smallest absolute Gasteiger partial charge is 0.264 e. The third-order valence-corrected chi connectivity index (χ3v) is 8.38. The van der Waals surface area contributed by atoms with Crippen LogP contribution in [-0.4, -0.2) is 44.3 Å². The molecule has 9 heteroatoms. The Bertz CT molecular complexity index is 1330. The molecule has 0 heterocycles. The summed E-state index contributed by atoms with van der Waals surface area (Å²) >= 11 is 6.35. The number of hydrogen-bond donors (Lipinski definition) is 1. The van der Waals surface area contributed by atoms with Crippen molar-refractivity contribution in [1.82, 2.24) is 10.2 Å². The number of nitrogens with one attached hydrogen (secondary N) is 1. The van der Waals surface area contributed by atoms with Crippen LogP contribution in [0.4, 0.5) is 5.69 Å². The summed E-state index contributed by atoms with van der Waals surface area (Å²) in [6.45, 7) is 5.74. The summed E-state index contributed by atoms with van der Waals surface area (Å²) in [6.07, 6.45) is 1.13. The molecule has 1 atom stereocenters. The van der Waals surface area contributed by atoms with Gasteiger partial charge >= 0.3 is 0 Å². The van der Waals surface area contributed by atoms with Crippen molar-refractivity contribution in [2.45, 2.75) is 51.1 Å². The summed E-state index contributed by atoms with van der Waals surface area (Å²) in [7, 11) is -4.13. The Kier molecular flexibility index (Phi) is 10.3. The molecule has 0 aromatic heterocycles. The van der Waals surface area contributed by atoms with Crippen molar-refractivity contribution in [3.63, 3.8) is 0 Å². The lowest BCUT2D eigenvalue weighted by Crippen LogP contribution is -2.52. The zero-order chi connectivity index (χ0) is 27.7. The van der Waals surface area contributed by atoms with E-state index < -0.39 is 28.5 Å². The summed E-state index contributed by atoms with van der Waals surface area (Å²) in [5.41, 5.74) is 1.88. The first-order chi connectivity index (χ1) is 18.2. The van der Waals surface area contributed by atoms with Crippen molar-refractivity contribution in [3.05, 3.63) is 95.0 Å². The fourth-order valence-electron chi connectivity index (χ4n) is 4.05. The van der Waals surface area contributed by atoms with Gasteiger partial charge in [0.2, 0.25) is 11.8 Å². The maximum absolute atomic E-state index is 13.9. The highest BCUT2D eigenvalue weighted by Crippen LogP contribution is 2.28. The molecule has 0 aliphatic carbocycles. The van der Waals surface area contributed by atoms with Crippen molar-refractivity contribution in [1.29, 1.82) is 0 Å². The van der Waals surface area contributed by atoms with Crippen LogP contribution < -0.4 is 9.62 Å². The number of halogens is 1. The second-order valence-corrected chi connectivity index (χ2v) is 11.3. The molecule has 0 unspecified atom stereocenters. The Labute approximate surface area is 230 Å². The summed E-state index contributed by atoms with van der Waals surface area (Å²) < 4.78 is 28.6. The number of anilines is 1. The lowest BCUT2D eigenvalue weighted by molar-refractivity contribution is -0.140. The van der Waals surface area contributed by atoms with Gasteiger partial charge in [-0.2, -0.15) is 0 Å². The second-order valence-electron chi connectivity index (χ2n) is 8.98. The second kappa shape index (κ2) is 13.4. The van der Waals surface area contributed by atoms with Crippen molar-refractivity contribution in [2.24, 2.45) is 0 Å². The quantitative estimate of drug-likeness (QED) is 0.334. The van der Waals surface area contributed by atoms with Crippen molar-refractivity contribution < 1.29 is 18.0 Å². The first-order valence-electron chi connectivity index (χ1n) is 12.6. The third-order valence-electron chi connectivity index (χ3n) is 6.18. The molecule has 0 bridgehead atoms. The predicted molar refractivity (Wildman–Crippen MR) is 152 cm³/mol. The van der Waals surface area contributed by atoms with Crippen LogP contribution in [0.15, 0.2) is 83.8 Å². The van der Waals surface area contributed by atoms with Crippen LogP contribution in [0.25, 0.3) is 0 Å². The summed E-state index contributed by atoms with van der Waals surface area (Å²) in [6, 6.07) is 21.4. The highest BCUT2D eigenvalue weighted by atomic mass is 35.5. The molecule has 1 N–H and O–H groups in total. The number of nitrogens with zero attached hydrogens (tertiary/aromatic N) is 2. The van der Waals surface area contributed by atoms with Crippen LogP contribution in [-0.2, 0) is 26.2 Å². The van der Waals surface area contributed by atoms with E-state index in [2.05, 4.69) is 5.32 Å². The summed E-state index contributed by atoms with van der Waals surface area (Å²) in [5, 5.41) is 3.26. The van der Waals surface area contributed by atoms with Crippen molar-refractivity contribution in [2.75, 3.05) is 17.4 Å². The number of rotatable bonds is 12. The Balaban J connectivity index is 2.05. The van der Waals surface area contributed by atoms with Gasteiger partial charge in [0.15, 0.2) is 0 Å². The number of carbonyl (C=O) groups is 2. The Morgan fingerprint density at radius 3 is 2.16 bits per heavy atom. The normalized spacial score (nSPS) is 12.0. The van der Waals surface area contributed by atoms with E-state index in [0.29, 0.717) is 18.0 Å². The van der Waals surface area contributed by atoms with Crippen molar-refractivity contribution in [3.8, 4) is 0 Å². The highest BCUT2D eigenvalue weighted by Gasteiger charge is 2.33. The molecule has 3 aromatic carbocycles. The van der Waals surface area contributed by atoms with E-state index in [9.17, 15) is 18.0 Å². The van der Waals surface area contributed by atoms with Gasteiger partial charge in [-0.3, -0.25) is 13.9 Å². The van der Waals surface area contributed by atoms with Gasteiger partial charge in [-0.05, 0) is 55.2 Å². The van der Waals surface area contributed by atoms with Crippen molar-refractivity contribution >= 4 is 39.1 Å². The van der Waals surface area contributed by atoms with Gasteiger partial charge in [0.25, 0.3) is 10.0 Å². The Morgan fingerprint density at radius 2 is 1.58 bits per heavy atom. The minimum absolute atomic E-state index is 0.0480. The number of aryl methyl sites for hydroxylation is 1. The van der Waals surface area contributed by atoms with E-state index in [1.54, 1.807) is 30.3 Å². The van der Waals surface area contributed by atoms with Gasteiger partial charge in [0.05, 0.1) is 10.6 Å². The van der Waals surface area contributed by atoms with Crippen LogP contribution in [0.5, 0.6) is 0 Å². The average molecular weight is 556 g/mol. The fourth-order valence-corrected chi connectivity index (χ4v) is 5.65. The SMILES string of the molecule is CCCNC(=O)[C@H](CC)N(Cc1ccccc1)C(=O)CN(c1ccc(C)c(Cl)c1)S(=O)(=O)c1ccccc1. The van der Waals surface area contributed by atoms with Crippen LogP contribution in [0.1, 0.15) is 37.8 Å². The molecular weight excluding hydrogens is 522 g/mol. The Hall–Kier alpha value is -3.36. The Morgan fingerprint density at radius 1 is 0.947 bits per heavy atom. The molecule has 0 aliphatic heterocycles. The van der Waals surface area contributed by atoms with E-state index in [1.165, 1.54) is 23.1 Å². The molecule has 0 spiro atoms. The van der Waals surface area contributed by atoms with Gasteiger partial charge in [-0.25, -0.2) is 8.42 Å². The molecule has 0 radical (unpaired) electrons. The molecule has 202 valence electrons. The molecule has 7 nitrogen and oxygen atoms in total. The molecule has 0 saturated carbocycles. The number of benzene rings is 3. The van der Waals surface area contributed by atoms with E-state index in [1.807, 2.05) is 51.1 Å². The topological polar surface area (TPSA) is 86.8 Å². The van der Waals surface area contributed by atoms with E-state index in [4.69, 9.17) is 11.6 Å². The predicted octanol–water partition coefficient (Wildman–Crippen LogP) is 5.18. The first-order valence-corrected chi connectivity index (χ1v) is 14.5. The monoisotopic (exact) mass is 555 g/mol. The van der Waals surface area contributed by atoms with E-state index >= 15 is 0 Å². The lowest BCUT2D eigenvalue weighted by Gasteiger charge is -2.33. The molecule has 0 fully saturated rings. The van der Waals surface area contributed by atoms with E-state index in [-0.39, 0.29) is 23.0 Å².